The number of nitrogens with one attached hydrogen (secondary N) is 1. The Morgan fingerprint density at radius 1 is 0.649 bits per heavy atom. The van der Waals surface area contributed by atoms with E-state index in [1.165, 1.54) is 24.9 Å². The molecule has 1 N–H and O–H groups in total. The number of anilines is 1. The Morgan fingerprint density at radius 3 is 1.73 bits per heavy atom. The SMILES string of the molecule is O=C(Cc1ccc(C(=O)c2ccc(CC(=O)c3ccn[nH]3)cc2)cc1)c1ccc(N2CCCCC2)cc1. The summed E-state index contributed by atoms with van der Waals surface area (Å²) in [6, 6.07) is 23.8. The predicted octanol–water partition coefficient (Wildman–Crippen LogP) is 5.48. The van der Waals surface area contributed by atoms with Gasteiger partial charge in [0, 0.05) is 54.5 Å². The molecule has 0 amide bonds. The molecule has 5 rings (SSSR count). The van der Waals surface area contributed by atoms with Crippen LogP contribution in [-0.4, -0.2) is 40.6 Å². The van der Waals surface area contributed by atoms with Crippen molar-refractivity contribution in [1.82, 2.24) is 10.2 Å². The van der Waals surface area contributed by atoms with Gasteiger partial charge in [0.25, 0.3) is 0 Å². The Hall–Kier alpha value is -4.32. The monoisotopic (exact) mass is 491 g/mol. The number of ketones is 3. The Labute approximate surface area is 216 Å². The van der Waals surface area contributed by atoms with Crippen LogP contribution in [0.1, 0.15) is 67.2 Å². The number of hydrogen-bond acceptors (Lipinski definition) is 5. The van der Waals surface area contributed by atoms with E-state index in [2.05, 4.69) is 15.1 Å². The number of piperidine rings is 1. The summed E-state index contributed by atoms with van der Waals surface area (Å²) in [5.74, 6) is -0.0955. The standard InChI is InChI=1S/C31H29N3O3/c35-29(24-12-14-27(15-13-24)34-18-2-1-3-19-34)20-22-4-8-25(9-5-22)31(37)26-10-6-23(7-11-26)21-30(36)28-16-17-32-33-28/h4-17H,1-3,18-21H2,(H,32,33). The second-order valence-electron chi connectivity index (χ2n) is 9.49. The third-order valence-electron chi connectivity index (χ3n) is 6.87. The van der Waals surface area contributed by atoms with Gasteiger partial charge in [-0.15, -0.1) is 0 Å². The number of benzene rings is 3. The first-order valence-corrected chi connectivity index (χ1v) is 12.7. The van der Waals surface area contributed by atoms with Gasteiger partial charge in [0.1, 0.15) is 5.69 Å². The first-order valence-electron chi connectivity index (χ1n) is 12.7. The largest absolute Gasteiger partial charge is 0.372 e. The molecule has 0 spiro atoms. The van der Waals surface area contributed by atoms with Crippen LogP contribution in [0.3, 0.4) is 0 Å². The smallest absolute Gasteiger partial charge is 0.193 e. The summed E-state index contributed by atoms with van der Waals surface area (Å²) < 4.78 is 0. The van der Waals surface area contributed by atoms with Gasteiger partial charge in [-0.2, -0.15) is 5.10 Å². The Bertz CT molecular complexity index is 1370. The molecular formula is C31H29N3O3. The van der Waals surface area contributed by atoms with Crippen LogP contribution in [0.15, 0.2) is 85.1 Å². The van der Waals surface area contributed by atoms with Gasteiger partial charge in [-0.3, -0.25) is 19.5 Å². The lowest BCUT2D eigenvalue weighted by atomic mass is 9.97. The molecule has 0 bridgehead atoms. The summed E-state index contributed by atoms with van der Waals surface area (Å²) >= 11 is 0. The van der Waals surface area contributed by atoms with Gasteiger partial charge < -0.3 is 4.90 Å². The molecule has 3 aromatic carbocycles. The number of carbonyl (C=O) groups is 3. The van der Waals surface area contributed by atoms with Gasteiger partial charge in [-0.1, -0.05) is 48.5 Å². The third-order valence-corrected chi connectivity index (χ3v) is 6.87. The lowest BCUT2D eigenvalue weighted by Crippen LogP contribution is -2.29. The van der Waals surface area contributed by atoms with Crippen molar-refractivity contribution in [3.8, 4) is 0 Å². The van der Waals surface area contributed by atoms with Crippen molar-refractivity contribution in [2.45, 2.75) is 32.1 Å². The van der Waals surface area contributed by atoms with E-state index in [-0.39, 0.29) is 30.2 Å². The highest BCUT2D eigenvalue weighted by Crippen LogP contribution is 2.21. The third kappa shape index (κ3) is 5.92. The molecule has 0 unspecified atom stereocenters. The number of carbonyl (C=O) groups excluding carboxylic acids is 3. The van der Waals surface area contributed by atoms with Crippen molar-refractivity contribution in [1.29, 1.82) is 0 Å². The van der Waals surface area contributed by atoms with Crippen LogP contribution in [0.25, 0.3) is 0 Å². The molecule has 2 heterocycles. The molecule has 4 aromatic rings. The minimum Gasteiger partial charge on any atom is -0.372 e. The molecule has 186 valence electrons. The zero-order valence-corrected chi connectivity index (χ0v) is 20.7. The molecule has 0 atom stereocenters. The van der Waals surface area contributed by atoms with Crippen molar-refractivity contribution in [2.24, 2.45) is 0 Å². The molecule has 6 nitrogen and oxygen atoms in total. The molecule has 0 radical (unpaired) electrons. The van der Waals surface area contributed by atoms with Crippen LogP contribution in [0.2, 0.25) is 0 Å². The van der Waals surface area contributed by atoms with Gasteiger partial charge in [0.2, 0.25) is 0 Å². The normalized spacial score (nSPS) is 13.4. The summed E-state index contributed by atoms with van der Waals surface area (Å²) in [6.07, 6.45) is 5.80. The Kier molecular flexibility index (Phi) is 7.36. The van der Waals surface area contributed by atoms with E-state index in [1.54, 1.807) is 48.7 Å². The van der Waals surface area contributed by atoms with Gasteiger partial charge >= 0.3 is 0 Å². The lowest BCUT2D eigenvalue weighted by Gasteiger charge is -2.28. The number of H-pyrrole nitrogens is 1. The van der Waals surface area contributed by atoms with Crippen LogP contribution in [0.4, 0.5) is 5.69 Å². The summed E-state index contributed by atoms with van der Waals surface area (Å²) in [5, 5.41) is 6.47. The molecule has 1 aliphatic heterocycles. The average molecular weight is 492 g/mol. The number of hydrogen-bond donors (Lipinski definition) is 1. The first kappa shape index (κ1) is 24.4. The summed E-state index contributed by atoms with van der Waals surface area (Å²) in [6.45, 7) is 2.16. The molecule has 0 aliphatic carbocycles. The van der Waals surface area contributed by atoms with E-state index in [4.69, 9.17) is 0 Å². The van der Waals surface area contributed by atoms with Crippen molar-refractivity contribution < 1.29 is 14.4 Å². The minimum atomic E-state index is -0.0994. The van der Waals surface area contributed by atoms with E-state index in [0.717, 1.165) is 24.2 Å². The lowest BCUT2D eigenvalue weighted by molar-refractivity contribution is 0.0982. The summed E-state index contributed by atoms with van der Waals surface area (Å²) in [4.78, 5) is 40.4. The quantitative estimate of drug-likeness (QED) is 0.314. The maximum Gasteiger partial charge on any atom is 0.193 e. The van der Waals surface area contributed by atoms with Crippen molar-refractivity contribution in [3.05, 3.63) is 119 Å². The summed E-state index contributed by atoms with van der Waals surface area (Å²) in [5.41, 5.74) is 5.15. The predicted molar refractivity (Wildman–Crippen MR) is 143 cm³/mol. The van der Waals surface area contributed by atoms with Gasteiger partial charge in [-0.05, 0) is 60.7 Å². The number of rotatable bonds is 9. The number of aromatic nitrogens is 2. The average Bonchev–Trinajstić information content (AvgIpc) is 3.50. The highest BCUT2D eigenvalue weighted by Gasteiger charge is 2.14. The second kappa shape index (κ2) is 11.2. The molecular weight excluding hydrogens is 462 g/mol. The molecule has 1 aliphatic rings. The molecule has 0 saturated carbocycles. The zero-order chi connectivity index (χ0) is 25.6. The van der Waals surface area contributed by atoms with Crippen LogP contribution in [-0.2, 0) is 12.8 Å². The maximum absolute atomic E-state index is 12.9. The summed E-state index contributed by atoms with van der Waals surface area (Å²) in [7, 11) is 0. The fourth-order valence-electron chi connectivity index (χ4n) is 4.70. The van der Waals surface area contributed by atoms with Crippen LogP contribution >= 0.6 is 0 Å². The number of aromatic amines is 1. The topological polar surface area (TPSA) is 83.1 Å². The number of nitrogens with zero attached hydrogens (tertiary/aromatic N) is 2. The van der Waals surface area contributed by atoms with E-state index in [0.29, 0.717) is 22.4 Å². The molecule has 1 fully saturated rings. The number of Topliss-reactive ketones (excluding diaryl/α,β-unsaturated/α-hetero) is 2. The van der Waals surface area contributed by atoms with Crippen molar-refractivity contribution in [3.63, 3.8) is 0 Å². The van der Waals surface area contributed by atoms with Crippen molar-refractivity contribution in [2.75, 3.05) is 18.0 Å². The zero-order valence-electron chi connectivity index (χ0n) is 20.7. The fraction of sp³-hybridized carbons (Fsp3) is 0.226. The highest BCUT2D eigenvalue weighted by atomic mass is 16.1. The van der Waals surface area contributed by atoms with Crippen LogP contribution in [0, 0.1) is 0 Å². The molecule has 1 aromatic heterocycles. The fourth-order valence-corrected chi connectivity index (χ4v) is 4.70. The van der Waals surface area contributed by atoms with E-state index in [1.807, 2.05) is 36.4 Å². The van der Waals surface area contributed by atoms with E-state index >= 15 is 0 Å². The van der Waals surface area contributed by atoms with Gasteiger partial charge in [-0.25, -0.2) is 0 Å². The van der Waals surface area contributed by atoms with Crippen molar-refractivity contribution >= 4 is 23.0 Å². The van der Waals surface area contributed by atoms with Crippen LogP contribution in [0.5, 0.6) is 0 Å². The maximum atomic E-state index is 12.9. The minimum absolute atomic E-state index is 0.0559. The first-order chi connectivity index (χ1) is 18.1. The van der Waals surface area contributed by atoms with E-state index in [9.17, 15) is 14.4 Å². The van der Waals surface area contributed by atoms with E-state index < -0.39 is 0 Å². The molecule has 1 saturated heterocycles. The van der Waals surface area contributed by atoms with Gasteiger partial charge in [0.05, 0.1) is 0 Å². The highest BCUT2D eigenvalue weighted by molar-refractivity contribution is 6.09. The van der Waals surface area contributed by atoms with Gasteiger partial charge in [0.15, 0.2) is 17.3 Å². The Morgan fingerprint density at radius 2 is 1.19 bits per heavy atom. The molecule has 6 heteroatoms. The van der Waals surface area contributed by atoms with Crippen LogP contribution < -0.4 is 4.90 Å². The molecule has 37 heavy (non-hydrogen) atoms. The Balaban J connectivity index is 1.18. The second-order valence-corrected chi connectivity index (χ2v) is 9.49.